The third-order valence-corrected chi connectivity index (χ3v) is 3.41. The van der Waals surface area contributed by atoms with Crippen LogP contribution >= 0.6 is 0 Å². The monoisotopic (exact) mass is 263 g/mol. The third kappa shape index (κ3) is 3.67. The van der Waals surface area contributed by atoms with Gasteiger partial charge in [0, 0.05) is 31.8 Å². The summed E-state index contributed by atoms with van der Waals surface area (Å²) in [5, 5.41) is 2.91. The van der Waals surface area contributed by atoms with E-state index >= 15 is 0 Å². The molecule has 1 aromatic heterocycles. The number of amides is 2. The van der Waals surface area contributed by atoms with Crippen molar-refractivity contribution in [2.24, 2.45) is 5.92 Å². The number of hydrogen-bond donors (Lipinski definition) is 1. The lowest BCUT2D eigenvalue weighted by Gasteiger charge is -2.18. The Morgan fingerprint density at radius 3 is 3.21 bits per heavy atom. The maximum atomic E-state index is 12.1. The lowest BCUT2D eigenvalue weighted by atomic mass is 10.1. The minimum absolute atomic E-state index is 0.0462. The summed E-state index contributed by atoms with van der Waals surface area (Å²) in [5.74, 6) is 0.459. The Hall–Kier alpha value is -1.62. The maximum absolute atomic E-state index is 12.1. The number of rotatable bonds is 4. The van der Waals surface area contributed by atoms with Gasteiger partial charge in [0.15, 0.2) is 0 Å². The number of likely N-dealkylation sites (tertiary alicyclic amines) is 1. The lowest BCUT2D eigenvalue weighted by molar-refractivity contribution is 0.113. The van der Waals surface area contributed by atoms with E-state index in [0.717, 1.165) is 44.0 Å². The van der Waals surface area contributed by atoms with Gasteiger partial charge >= 0.3 is 6.03 Å². The molecule has 0 spiro atoms. The number of aromatic nitrogens is 1. The van der Waals surface area contributed by atoms with Crippen molar-refractivity contribution in [3.8, 4) is 0 Å². The second-order valence-electron chi connectivity index (χ2n) is 4.88. The number of aryl methyl sites for hydroxylation is 1. The van der Waals surface area contributed by atoms with E-state index in [1.807, 2.05) is 24.8 Å². The van der Waals surface area contributed by atoms with Crippen molar-refractivity contribution in [3.63, 3.8) is 0 Å². The number of urea groups is 1. The van der Waals surface area contributed by atoms with Gasteiger partial charge in [-0.05, 0) is 31.9 Å². The largest absolute Gasteiger partial charge is 0.381 e. The number of ether oxygens (including phenoxy) is 1. The average molecular weight is 263 g/mol. The van der Waals surface area contributed by atoms with Crippen LogP contribution in [0.5, 0.6) is 0 Å². The quantitative estimate of drug-likeness (QED) is 0.906. The highest BCUT2D eigenvalue weighted by molar-refractivity contribution is 5.90. The molecule has 2 heterocycles. The van der Waals surface area contributed by atoms with Crippen molar-refractivity contribution < 1.29 is 9.53 Å². The lowest BCUT2D eigenvalue weighted by Crippen LogP contribution is -2.33. The van der Waals surface area contributed by atoms with E-state index in [0.29, 0.717) is 5.92 Å². The van der Waals surface area contributed by atoms with E-state index in [1.165, 1.54) is 0 Å². The molecule has 104 valence electrons. The predicted molar refractivity (Wildman–Crippen MR) is 74.2 cm³/mol. The molecule has 19 heavy (non-hydrogen) atoms. The fourth-order valence-electron chi connectivity index (χ4n) is 2.23. The van der Waals surface area contributed by atoms with Gasteiger partial charge in [-0.3, -0.25) is 4.98 Å². The number of hydrogen-bond acceptors (Lipinski definition) is 3. The van der Waals surface area contributed by atoms with Crippen LogP contribution in [0.25, 0.3) is 0 Å². The van der Waals surface area contributed by atoms with Gasteiger partial charge in [0.25, 0.3) is 0 Å². The van der Waals surface area contributed by atoms with Crippen LogP contribution in [0.4, 0.5) is 10.5 Å². The summed E-state index contributed by atoms with van der Waals surface area (Å²) in [5.41, 5.74) is 1.80. The standard InChI is InChI=1S/C14H21N3O2/c1-3-19-10-12-5-7-17(9-12)14(18)16-13-8-15-6-4-11(13)2/h4,6,8,12H,3,5,7,9-10H2,1-2H3,(H,16,18). The Bertz CT molecular complexity index is 436. The summed E-state index contributed by atoms with van der Waals surface area (Å²) in [4.78, 5) is 18.0. The van der Waals surface area contributed by atoms with Gasteiger partial charge in [-0.1, -0.05) is 0 Å². The number of anilines is 1. The Labute approximate surface area is 114 Å². The predicted octanol–water partition coefficient (Wildman–Crippen LogP) is 2.28. The first-order valence-corrected chi connectivity index (χ1v) is 6.75. The van der Waals surface area contributed by atoms with Crippen LogP contribution in [-0.4, -0.2) is 42.2 Å². The molecule has 0 aromatic carbocycles. The number of pyridine rings is 1. The van der Waals surface area contributed by atoms with Crippen LogP contribution in [0.15, 0.2) is 18.5 Å². The van der Waals surface area contributed by atoms with Gasteiger partial charge in [-0.2, -0.15) is 0 Å². The SMILES string of the molecule is CCOCC1CCN(C(=O)Nc2cnccc2C)C1. The molecule has 5 nitrogen and oxygen atoms in total. The molecule has 0 bridgehead atoms. The van der Waals surface area contributed by atoms with E-state index in [9.17, 15) is 4.79 Å². The molecule has 1 saturated heterocycles. The topological polar surface area (TPSA) is 54.5 Å². The molecule has 1 aliphatic heterocycles. The Morgan fingerprint density at radius 1 is 1.63 bits per heavy atom. The molecule has 1 N–H and O–H groups in total. The summed E-state index contributed by atoms with van der Waals surface area (Å²) in [6.45, 7) is 6.99. The zero-order chi connectivity index (χ0) is 13.7. The maximum Gasteiger partial charge on any atom is 0.321 e. The van der Waals surface area contributed by atoms with Crippen LogP contribution < -0.4 is 5.32 Å². The molecule has 1 atom stereocenters. The molecular weight excluding hydrogens is 242 g/mol. The highest BCUT2D eigenvalue weighted by Crippen LogP contribution is 2.19. The molecule has 1 fully saturated rings. The summed E-state index contributed by atoms with van der Waals surface area (Å²) in [6.07, 6.45) is 4.42. The fraction of sp³-hybridized carbons (Fsp3) is 0.571. The molecule has 5 heteroatoms. The normalized spacial score (nSPS) is 18.6. The van der Waals surface area contributed by atoms with E-state index < -0.39 is 0 Å². The molecule has 1 aromatic rings. The first-order valence-electron chi connectivity index (χ1n) is 6.75. The number of nitrogens with one attached hydrogen (secondary N) is 1. The van der Waals surface area contributed by atoms with Crippen molar-refractivity contribution >= 4 is 11.7 Å². The number of carbonyl (C=O) groups is 1. The van der Waals surface area contributed by atoms with E-state index in [2.05, 4.69) is 10.3 Å². The van der Waals surface area contributed by atoms with Crippen LogP contribution in [0.2, 0.25) is 0 Å². The highest BCUT2D eigenvalue weighted by Gasteiger charge is 2.26. The zero-order valence-corrected chi connectivity index (χ0v) is 11.6. The summed E-state index contributed by atoms with van der Waals surface area (Å²) in [6, 6.07) is 1.84. The molecule has 0 radical (unpaired) electrons. The first kappa shape index (κ1) is 13.8. The van der Waals surface area contributed by atoms with Gasteiger partial charge in [-0.15, -0.1) is 0 Å². The minimum Gasteiger partial charge on any atom is -0.381 e. The third-order valence-electron chi connectivity index (χ3n) is 3.41. The van der Waals surface area contributed by atoms with Gasteiger partial charge in [0.2, 0.25) is 0 Å². The van der Waals surface area contributed by atoms with Crippen molar-refractivity contribution in [3.05, 3.63) is 24.0 Å². The highest BCUT2D eigenvalue weighted by atomic mass is 16.5. The Morgan fingerprint density at radius 2 is 2.47 bits per heavy atom. The Kier molecular flexibility index (Phi) is 4.74. The van der Waals surface area contributed by atoms with Crippen molar-refractivity contribution in [1.82, 2.24) is 9.88 Å². The zero-order valence-electron chi connectivity index (χ0n) is 11.6. The number of carbonyl (C=O) groups excluding carboxylic acids is 1. The smallest absolute Gasteiger partial charge is 0.321 e. The fourth-order valence-corrected chi connectivity index (χ4v) is 2.23. The second-order valence-corrected chi connectivity index (χ2v) is 4.88. The van der Waals surface area contributed by atoms with Crippen LogP contribution in [-0.2, 0) is 4.74 Å². The summed E-state index contributed by atoms with van der Waals surface area (Å²) in [7, 11) is 0. The summed E-state index contributed by atoms with van der Waals surface area (Å²) >= 11 is 0. The van der Waals surface area contributed by atoms with Crippen molar-refractivity contribution in [2.45, 2.75) is 20.3 Å². The van der Waals surface area contributed by atoms with E-state index in [-0.39, 0.29) is 6.03 Å². The van der Waals surface area contributed by atoms with Crippen molar-refractivity contribution in [2.75, 3.05) is 31.6 Å². The number of nitrogens with zero attached hydrogens (tertiary/aromatic N) is 2. The molecule has 2 rings (SSSR count). The van der Waals surface area contributed by atoms with Crippen LogP contribution in [0.1, 0.15) is 18.9 Å². The van der Waals surface area contributed by atoms with Crippen molar-refractivity contribution in [1.29, 1.82) is 0 Å². The molecule has 1 aliphatic rings. The second kappa shape index (κ2) is 6.52. The van der Waals surface area contributed by atoms with Gasteiger partial charge < -0.3 is 15.0 Å². The molecule has 0 saturated carbocycles. The van der Waals surface area contributed by atoms with E-state index in [1.54, 1.807) is 12.4 Å². The summed E-state index contributed by atoms with van der Waals surface area (Å²) < 4.78 is 5.41. The van der Waals surface area contributed by atoms with Gasteiger partial charge in [0.1, 0.15) is 0 Å². The van der Waals surface area contributed by atoms with E-state index in [4.69, 9.17) is 4.74 Å². The molecule has 2 amide bonds. The molecule has 1 unspecified atom stereocenters. The Balaban J connectivity index is 1.86. The molecule has 0 aliphatic carbocycles. The van der Waals surface area contributed by atoms with Crippen LogP contribution in [0.3, 0.4) is 0 Å². The average Bonchev–Trinajstić information content (AvgIpc) is 2.88. The molecular formula is C14H21N3O2. The minimum atomic E-state index is -0.0462. The van der Waals surface area contributed by atoms with Gasteiger partial charge in [0.05, 0.1) is 18.5 Å². The van der Waals surface area contributed by atoms with Gasteiger partial charge in [-0.25, -0.2) is 4.79 Å². The first-order chi connectivity index (χ1) is 9.20. The van der Waals surface area contributed by atoms with Crippen LogP contribution in [0, 0.1) is 12.8 Å².